The number of hydrogen-bond acceptors (Lipinski definition) is 20. The molecule has 47 heteroatoms. The van der Waals surface area contributed by atoms with Gasteiger partial charge >= 0.3 is 0 Å². The van der Waals surface area contributed by atoms with Gasteiger partial charge < -0.3 is 68.2 Å². The zero-order valence-electron chi connectivity index (χ0n) is 81.2. The Morgan fingerprint density at radius 3 is 1.24 bits per heavy atom. The number of hydrogen-bond donors (Lipinski definition) is 20. The highest BCUT2D eigenvalue weighted by Crippen LogP contribution is 2.32. The number of aliphatic imine (C=N–C) groups is 8. The number of nitrogens with one attached hydrogen (secondary N) is 8. The third kappa shape index (κ3) is 60.2. The summed E-state index contributed by atoms with van der Waals surface area (Å²) in [7, 11) is 0. The quantitative estimate of drug-likeness (QED) is 0.0110. The van der Waals surface area contributed by atoms with Crippen LogP contribution < -0.4 is 63.1 Å². The van der Waals surface area contributed by atoms with Crippen LogP contribution in [0.3, 0.4) is 0 Å². The van der Waals surface area contributed by atoms with Crippen molar-refractivity contribution in [3.05, 3.63) is 371 Å². The van der Waals surface area contributed by atoms with Crippen LogP contribution in [-0.2, 0) is 24.1 Å². The molecule has 31 nitrogen and oxygen atoms in total. The molecule has 0 saturated carbocycles. The van der Waals surface area contributed by atoms with E-state index in [1.165, 1.54) is 60.6 Å². The molecule has 0 aliphatic carbocycles. The molecule has 0 atom stereocenters. The molecule has 1 amide bonds. The van der Waals surface area contributed by atoms with E-state index >= 15 is 0 Å². The van der Waals surface area contributed by atoms with Crippen LogP contribution in [0.1, 0.15) is 105 Å². The minimum atomic E-state index is -0.496. The van der Waals surface area contributed by atoms with Gasteiger partial charge in [0.25, 0.3) is 0 Å². The number of nitrogens with two attached hydrogens (primary N) is 11. The number of amidine groups is 8. The molecule has 0 fully saturated rings. The number of primary amides is 1. The predicted octanol–water partition coefficient (Wildman–Crippen LogP) is 23.5. The molecule has 31 N–H and O–H groups in total. The number of aromatic hydroxyl groups is 1. The van der Waals surface area contributed by atoms with Crippen molar-refractivity contribution in [3.63, 3.8) is 0 Å². The molecule has 794 valence electrons. The van der Waals surface area contributed by atoms with Crippen molar-refractivity contribution in [2.24, 2.45) is 113 Å². The molecule has 0 aromatic heterocycles. The van der Waals surface area contributed by atoms with E-state index in [0.29, 0.717) is 96.1 Å². The molecule has 1 heterocycles. The lowest BCUT2D eigenvalue weighted by Gasteiger charge is -2.06. The minimum Gasteiger partial charge on any atom is -0.508 e. The Kier molecular flexibility index (Phi) is 67.4. The van der Waals surface area contributed by atoms with E-state index in [1.54, 1.807) is 98.5 Å². The number of rotatable bonds is 31. The fourth-order valence-corrected chi connectivity index (χ4v) is 15.4. The van der Waals surface area contributed by atoms with E-state index in [0.717, 1.165) is 75.6 Å². The van der Waals surface area contributed by atoms with Gasteiger partial charge in [0.05, 0.1) is 92.3 Å². The summed E-state index contributed by atoms with van der Waals surface area (Å²) in [6.45, 7) is 7.89. The van der Waals surface area contributed by atoms with Crippen LogP contribution >= 0.6 is 178 Å². The average Bonchev–Trinajstić information content (AvgIpc) is 0.890. The third-order valence-corrected chi connectivity index (χ3v) is 23.1. The lowest BCUT2D eigenvalue weighted by atomic mass is 10.1. The second-order valence-electron chi connectivity index (χ2n) is 30.5. The Bertz CT molecular complexity index is 6240. The fraction of sp³-hybridized carbons (Fsp3) is 0.175. The molecule has 1 aliphatic rings. The topological polar surface area (TPSA) is 638 Å². The number of phenolic OH excluding ortho intramolecular Hbond substituents is 1. The third-order valence-electron chi connectivity index (χ3n) is 18.0. The number of phenols is 1. The smallest absolute Gasteiger partial charge is 0.239 e. The van der Waals surface area contributed by atoms with Crippen LogP contribution in [0.2, 0.25) is 70.3 Å². The van der Waals surface area contributed by atoms with Crippen molar-refractivity contribution in [3.8, 4) is 5.75 Å². The first-order valence-electron chi connectivity index (χ1n) is 44.0. The van der Waals surface area contributed by atoms with Gasteiger partial charge in [-0.1, -0.05) is 294 Å². The molecule has 0 saturated heterocycles. The van der Waals surface area contributed by atoms with Crippen molar-refractivity contribution in [2.45, 2.75) is 65.7 Å². The van der Waals surface area contributed by atoms with Crippen LogP contribution in [0.25, 0.3) is 0 Å². The molecular weight excluding hydrogens is 2270 g/mol. The van der Waals surface area contributed by atoms with E-state index in [4.69, 9.17) is 274 Å². The summed E-state index contributed by atoms with van der Waals surface area (Å²) >= 11 is 85.8. The number of benzene rings is 11. The lowest BCUT2D eigenvalue weighted by molar-refractivity contribution is -0.116. The predicted molar refractivity (Wildman–Crippen MR) is 641 cm³/mol. The van der Waals surface area contributed by atoms with Gasteiger partial charge in [0, 0.05) is 148 Å². The number of aryl methyl sites for hydroxylation is 2. The van der Waals surface area contributed by atoms with Crippen LogP contribution in [0.4, 0.5) is 4.39 Å². The Labute approximate surface area is 949 Å². The van der Waals surface area contributed by atoms with Crippen molar-refractivity contribution < 1.29 is 14.3 Å². The average molecular weight is 2380 g/mol. The molecule has 0 spiro atoms. The van der Waals surface area contributed by atoms with Crippen molar-refractivity contribution in [1.29, 1.82) is 43.3 Å². The summed E-state index contributed by atoms with van der Waals surface area (Å²) in [4.78, 5) is 42.5. The summed E-state index contributed by atoms with van der Waals surface area (Å²) in [5.41, 5.74) is 69.3. The maximum Gasteiger partial charge on any atom is 0.239 e. The second kappa shape index (κ2) is 75.8. The summed E-state index contributed by atoms with van der Waals surface area (Å²) in [5, 5.41) is 79.5. The van der Waals surface area contributed by atoms with E-state index in [9.17, 15) is 9.18 Å². The van der Waals surface area contributed by atoms with Crippen LogP contribution in [-0.4, -0.2) is 171 Å². The van der Waals surface area contributed by atoms with Gasteiger partial charge in [-0.25, -0.2) is 4.39 Å². The standard InChI is InChI=1S/C11H11Cl2N.C10H11Cl2N3.C10H12Cl2N2.C10H12ClN3.C10H13N3.C9H10BrN3.C9H8Cl2N2O.C9H9ClFN3.C9H11N3.C8H8Cl2N4O.C8H8Cl2N2/c12-9-4-8(5-10(13)7-9)6-11-2-1-3-14-11;1-6(15-5-9(13)14)10-7(11)3-2-4-8(10)12;11-8-4-2-5-9(12)7(8)3-1-6-10(13)14;1-7-3-2-4-9(11)8(7)5-14-6-10(12)13;1-8-4-2-3-5-9(8)6-13-7-10(11)12;10-8-4-2-1-3-7(8)5-13-6-9(11)12;10-7-2-1-3-8(11)6(7)4-13-5-9(12)14;10-7-2-1-3-8(11)6(7)4-14-5-9(12)13;10-9(11)7-12-6-8-4-2-1-3-5-8;9-6-1-4(15)2-7(10)5(6)3-13-14-8(11)12;9-6-2-1-3-7(10)5(6)4-8(11)12/h4-5,7H,1-3,6H2;2-4H,5H2,1H3,(H3,13,14);2,4-5H,1,3,6H2,(H3,13,14);2-5H,6H2,1H3,(H3,12,13);2-6H,7H2,1H3,(H3,11,12);1-5H,6H2,(H3,11,12);1-4H,5H2,(H2,12,14);1-4H,5H2,(H3,12,13);1-6H,7H2,(H3,10,11);1-3,15H,(H4,11,12,14);1-3H,4H2,(H3,11,12)/b;;;;;;;;;13-3-;. The number of guanidine groups is 1. The number of amides is 1. The first kappa shape index (κ1) is 133. The highest BCUT2D eigenvalue weighted by atomic mass is 79.9. The van der Waals surface area contributed by atoms with Gasteiger partial charge in [-0.05, 0) is 189 Å². The van der Waals surface area contributed by atoms with E-state index < -0.39 is 11.7 Å². The van der Waals surface area contributed by atoms with Gasteiger partial charge in [0.1, 0.15) is 53.1 Å². The van der Waals surface area contributed by atoms with Crippen molar-refractivity contribution >= 4 is 292 Å². The van der Waals surface area contributed by atoms with Gasteiger partial charge in [-0.15, -0.1) is 5.10 Å². The maximum absolute atomic E-state index is 13.1. The molecule has 1 aliphatic heterocycles. The Morgan fingerprint density at radius 1 is 0.400 bits per heavy atom. The van der Waals surface area contributed by atoms with Gasteiger partial charge in [0.15, 0.2) is 0 Å². The molecule has 12 rings (SSSR count). The fourth-order valence-electron chi connectivity index (χ4n) is 11.1. The molecular formula is C103H113BrCl14FN29O2. The number of carbonyl (C=O) groups is 1. The van der Waals surface area contributed by atoms with Crippen LogP contribution in [0.15, 0.2) is 273 Å². The van der Waals surface area contributed by atoms with Crippen molar-refractivity contribution in [1.82, 2.24) is 0 Å². The molecule has 0 unspecified atom stereocenters. The first-order valence-corrected chi connectivity index (χ1v) is 50.1. The van der Waals surface area contributed by atoms with Gasteiger partial charge in [-0.2, -0.15) is 5.10 Å². The zero-order chi connectivity index (χ0) is 112. The van der Waals surface area contributed by atoms with E-state index in [1.807, 2.05) is 141 Å². The molecule has 0 bridgehead atoms. The van der Waals surface area contributed by atoms with Gasteiger partial charge in [-0.3, -0.25) is 88.0 Å². The molecule has 0 radical (unpaired) electrons. The molecule has 11 aromatic rings. The number of carbonyl (C=O) groups excluding carboxylic acids is 1. The molecule has 11 aromatic carbocycles. The van der Waals surface area contributed by atoms with E-state index in [-0.39, 0.29) is 125 Å². The summed E-state index contributed by atoms with van der Waals surface area (Å²) < 4.78 is 14.1. The Morgan fingerprint density at radius 2 is 0.793 bits per heavy atom. The summed E-state index contributed by atoms with van der Waals surface area (Å²) in [6.07, 6.45) is 16.5. The van der Waals surface area contributed by atoms with E-state index in [2.05, 4.69) is 66.1 Å². The minimum absolute atomic E-state index is 0.0116. The summed E-state index contributed by atoms with van der Waals surface area (Å²) in [6, 6.07) is 64.8. The number of halogens is 16. The normalized spacial score (nSPS) is 11.1. The van der Waals surface area contributed by atoms with Crippen LogP contribution in [0, 0.1) is 62.9 Å². The first-order chi connectivity index (χ1) is 71.0. The highest BCUT2D eigenvalue weighted by molar-refractivity contribution is 9.10. The molecule has 150 heavy (non-hydrogen) atoms. The monoisotopic (exact) mass is 2380 g/mol. The Balaban J connectivity index is 0.000000558. The zero-order valence-corrected chi connectivity index (χ0v) is 93.3. The van der Waals surface area contributed by atoms with Crippen molar-refractivity contribution in [2.75, 3.05) is 52.4 Å². The maximum atomic E-state index is 13.1. The second-order valence-corrected chi connectivity index (χ2v) is 37.2. The number of nitrogens with zero attached hydrogens (tertiary/aromatic N) is 10. The van der Waals surface area contributed by atoms with Crippen LogP contribution in [0.5, 0.6) is 5.75 Å². The Hall–Kier alpha value is -12.8. The highest BCUT2D eigenvalue weighted by Gasteiger charge is 2.14. The largest absolute Gasteiger partial charge is 0.508 e. The summed E-state index contributed by atoms with van der Waals surface area (Å²) in [5.74, 6) is -0.638. The van der Waals surface area contributed by atoms with Gasteiger partial charge in [0.2, 0.25) is 11.9 Å². The SMILES string of the molecule is CC(=NCC(=N)N)c1c(Cl)cccc1Cl.Cc1cccc(Cl)c1C=NCC(=N)N.Cc1ccccc1C=NCC(=N)N.Clc1cc(Cl)cc(CC2=NCCC2)c1.N=C(N)CCCc1c(Cl)cccc1Cl.N=C(N)CN=Cc1c(F)cccc1Cl.N=C(N)CN=Cc1ccccc1.N=C(N)CN=Cc1ccccc1Br.N=C(N)Cc1c(Cl)cccc1Cl.NC(=O)CN=Cc1c(Cl)cccc1Cl.NC(N)=N/N=C\c1c(Cl)cc(O)cc1Cl. The lowest BCUT2D eigenvalue weighted by Crippen LogP contribution is -2.21.